The zero-order valence-electron chi connectivity index (χ0n) is 25.1. The molecule has 0 unspecified atom stereocenters. The lowest BCUT2D eigenvalue weighted by molar-refractivity contribution is 0.0397. The number of ether oxygens (including phenoxy) is 2. The summed E-state index contributed by atoms with van der Waals surface area (Å²) < 4.78 is 11.3. The third-order valence-electron chi connectivity index (χ3n) is 6.04. The molecular formula is C32H49N3O4S. The van der Waals surface area contributed by atoms with E-state index < -0.39 is 5.97 Å². The summed E-state index contributed by atoms with van der Waals surface area (Å²) in [5.74, 6) is -0.353. The van der Waals surface area contributed by atoms with Crippen molar-refractivity contribution in [2.24, 2.45) is 5.92 Å². The zero-order chi connectivity index (χ0) is 29.9. The van der Waals surface area contributed by atoms with Gasteiger partial charge in [0.2, 0.25) is 0 Å². The van der Waals surface area contributed by atoms with E-state index >= 15 is 0 Å². The van der Waals surface area contributed by atoms with E-state index in [9.17, 15) is 9.90 Å². The predicted octanol–water partition coefficient (Wildman–Crippen LogP) is 6.55. The van der Waals surface area contributed by atoms with E-state index in [0.717, 1.165) is 49.2 Å². The maximum Gasteiger partial charge on any atom is 0.336 e. The Morgan fingerprint density at radius 3 is 2.42 bits per heavy atom. The molecule has 0 aromatic heterocycles. The average Bonchev–Trinajstić information content (AvgIpc) is 2.90. The highest BCUT2D eigenvalue weighted by Gasteiger charge is 2.17. The van der Waals surface area contributed by atoms with Crippen LogP contribution in [0.4, 0.5) is 5.69 Å². The third kappa shape index (κ3) is 13.5. The molecule has 1 aromatic carbocycles. The first-order valence-electron chi connectivity index (χ1n) is 14.1. The van der Waals surface area contributed by atoms with Gasteiger partial charge in [-0.25, -0.2) is 4.79 Å². The van der Waals surface area contributed by atoms with E-state index in [1.165, 1.54) is 0 Å². The SMILES string of the molecule is C=C/C=C\C(C(=C)C)=C(\CCC)c1ccc(NC(=S)NCCOCCOCCN(CC)CC(C)C)cc1C(=O)O. The van der Waals surface area contributed by atoms with E-state index in [2.05, 4.69) is 56.4 Å². The number of aromatic carboxylic acids is 1. The van der Waals surface area contributed by atoms with Gasteiger partial charge in [-0.15, -0.1) is 0 Å². The molecule has 0 radical (unpaired) electrons. The number of nitrogens with zero attached hydrogens (tertiary/aromatic N) is 1. The molecule has 0 atom stereocenters. The fraction of sp³-hybridized carbons (Fsp3) is 0.500. The second-order valence-electron chi connectivity index (χ2n) is 9.98. The van der Waals surface area contributed by atoms with Crippen molar-refractivity contribution in [3.8, 4) is 0 Å². The Kier molecular flexibility index (Phi) is 17.8. The fourth-order valence-electron chi connectivity index (χ4n) is 4.21. The van der Waals surface area contributed by atoms with Gasteiger partial charge < -0.3 is 30.1 Å². The van der Waals surface area contributed by atoms with Crippen LogP contribution in [-0.4, -0.2) is 73.7 Å². The molecule has 1 aromatic rings. The Balaban J connectivity index is 2.65. The zero-order valence-corrected chi connectivity index (χ0v) is 25.9. The molecule has 0 saturated heterocycles. The summed E-state index contributed by atoms with van der Waals surface area (Å²) >= 11 is 5.40. The number of carboxylic acid groups (broad SMARTS) is 1. The number of carboxylic acids is 1. The maximum absolute atomic E-state index is 12.2. The van der Waals surface area contributed by atoms with Gasteiger partial charge in [-0.1, -0.05) is 77.1 Å². The van der Waals surface area contributed by atoms with Gasteiger partial charge >= 0.3 is 5.97 Å². The minimum atomic E-state index is -1.00. The monoisotopic (exact) mass is 571 g/mol. The van der Waals surface area contributed by atoms with Crippen LogP contribution in [0.1, 0.15) is 63.4 Å². The molecule has 0 spiro atoms. The molecular weight excluding hydrogens is 522 g/mol. The quantitative estimate of drug-likeness (QED) is 0.0923. The van der Waals surface area contributed by atoms with Crippen LogP contribution >= 0.6 is 12.2 Å². The Bertz CT molecular complexity index is 1030. The summed E-state index contributed by atoms with van der Waals surface area (Å²) in [4.78, 5) is 14.6. The predicted molar refractivity (Wildman–Crippen MR) is 172 cm³/mol. The summed E-state index contributed by atoms with van der Waals surface area (Å²) in [6.07, 6.45) is 7.05. The molecule has 8 heteroatoms. The number of anilines is 1. The van der Waals surface area contributed by atoms with Crippen molar-refractivity contribution in [3.05, 3.63) is 71.9 Å². The van der Waals surface area contributed by atoms with Gasteiger partial charge in [-0.05, 0) is 66.9 Å². The van der Waals surface area contributed by atoms with Crippen molar-refractivity contribution in [1.29, 1.82) is 0 Å². The van der Waals surface area contributed by atoms with Gasteiger partial charge in [-0.3, -0.25) is 0 Å². The van der Waals surface area contributed by atoms with Crippen molar-refractivity contribution in [1.82, 2.24) is 10.2 Å². The van der Waals surface area contributed by atoms with Gasteiger partial charge in [-0.2, -0.15) is 0 Å². The van der Waals surface area contributed by atoms with Crippen molar-refractivity contribution in [3.63, 3.8) is 0 Å². The van der Waals surface area contributed by atoms with Crippen LogP contribution < -0.4 is 10.6 Å². The van der Waals surface area contributed by atoms with Crippen LogP contribution in [-0.2, 0) is 9.47 Å². The van der Waals surface area contributed by atoms with Crippen LogP contribution in [0, 0.1) is 5.92 Å². The molecule has 40 heavy (non-hydrogen) atoms. The summed E-state index contributed by atoms with van der Waals surface area (Å²) in [5.41, 5.74) is 4.20. The highest BCUT2D eigenvalue weighted by atomic mass is 32.1. The molecule has 0 amide bonds. The molecule has 0 saturated carbocycles. The summed E-state index contributed by atoms with van der Waals surface area (Å²) in [5, 5.41) is 16.6. The van der Waals surface area contributed by atoms with Crippen LogP contribution in [0.5, 0.6) is 0 Å². The average molecular weight is 572 g/mol. The van der Waals surface area contributed by atoms with E-state index in [1.54, 1.807) is 12.1 Å². The molecule has 0 fully saturated rings. The van der Waals surface area contributed by atoms with Crippen LogP contribution in [0.2, 0.25) is 0 Å². The molecule has 0 bridgehead atoms. The first kappa shape index (κ1) is 35.2. The molecule has 0 aliphatic heterocycles. The second-order valence-corrected chi connectivity index (χ2v) is 10.4. The number of allylic oxidation sites excluding steroid dienone is 6. The first-order valence-corrected chi connectivity index (χ1v) is 14.5. The number of hydrogen-bond acceptors (Lipinski definition) is 5. The van der Waals surface area contributed by atoms with Crippen molar-refractivity contribution in [2.75, 3.05) is 57.9 Å². The van der Waals surface area contributed by atoms with Crippen LogP contribution in [0.25, 0.3) is 5.57 Å². The molecule has 7 nitrogen and oxygen atoms in total. The highest BCUT2D eigenvalue weighted by molar-refractivity contribution is 7.80. The first-order chi connectivity index (χ1) is 19.1. The smallest absolute Gasteiger partial charge is 0.336 e. The maximum atomic E-state index is 12.2. The van der Waals surface area contributed by atoms with Crippen molar-refractivity contribution in [2.45, 2.75) is 47.5 Å². The lowest BCUT2D eigenvalue weighted by atomic mass is 9.89. The normalized spacial score (nSPS) is 12.1. The Labute approximate surface area is 247 Å². The van der Waals surface area contributed by atoms with Gasteiger partial charge in [0.15, 0.2) is 5.11 Å². The largest absolute Gasteiger partial charge is 0.478 e. The summed E-state index contributed by atoms with van der Waals surface area (Å²) in [6.45, 7) is 24.3. The number of likely N-dealkylation sites (N-methyl/N-ethyl adjacent to an activating group) is 1. The van der Waals surface area contributed by atoms with Gasteiger partial charge in [0, 0.05) is 25.3 Å². The Hall–Kier alpha value is -2.78. The number of hydrogen-bond donors (Lipinski definition) is 3. The molecule has 222 valence electrons. The van der Waals surface area contributed by atoms with Crippen molar-refractivity contribution < 1.29 is 19.4 Å². The van der Waals surface area contributed by atoms with Gasteiger partial charge in [0.05, 0.1) is 32.0 Å². The second kappa shape index (κ2) is 20.2. The molecule has 1 rings (SSSR count). The highest BCUT2D eigenvalue weighted by Crippen LogP contribution is 2.32. The summed E-state index contributed by atoms with van der Waals surface area (Å²) in [7, 11) is 0. The fourth-order valence-corrected chi connectivity index (χ4v) is 4.43. The van der Waals surface area contributed by atoms with Crippen molar-refractivity contribution >= 4 is 34.6 Å². The van der Waals surface area contributed by atoms with Crippen LogP contribution in [0.3, 0.4) is 0 Å². The number of nitrogens with one attached hydrogen (secondary N) is 2. The molecule has 0 heterocycles. The lowest BCUT2D eigenvalue weighted by Crippen LogP contribution is -2.32. The molecule has 0 aliphatic carbocycles. The van der Waals surface area contributed by atoms with Gasteiger partial charge in [0.1, 0.15) is 0 Å². The number of thiocarbonyl (C=S) groups is 1. The van der Waals surface area contributed by atoms with Gasteiger partial charge in [0.25, 0.3) is 0 Å². The van der Waals surface area contributed by atoms with E-state index in [-0.39, 0.29) is 5.56 Å². The van der Waals surface area contributed by atoms with E-state index in [0.29, 0.717) is 55.3 Å². The third-order valence-corrected chi connectivity index (χ3v) is 6.29. The topological polar surface area (TPSA) is 83.1 Å². The number of benzene rings is 1. The Morgan fingerprint density at radius 1 is 1.15 bits per heavy atom. The number of rotatable bonds is 20. The standard InChI is InChI=1S/C32H49N3O4S/c1-8-11-13-27(25(6)7)28(12-9-2)29-15-14-26(22-30(29)31(36)37)34-32(40)33-16-18-38-20-21-39-19-17-35(10-3)23-24(4)5/h8,11,13-15,22,24H,1,6,9-10,12,16-21,23H2,2-5,7H3,(H,36,37)(H2,33,34,40)/b13-11-,28-27+. The minimum absolute atomic E-state index is 0.205. The molecule has 3 N–H and O–H groups in total. The van der Waals surface area contributed by atoms with E-state index in [4.69, 9.17) is 21.7 Å². The number of carbonyl (C=O) groups is 1. The minimum Gasteiger partial charge on any atom is -0.478 e. The van der Waals surface area contributed by atoms with E-state index in [1.807, 2.05) is 31.2 Å². The summed E-state index contributed by atoms with van der Waals surface area (Å²) in [6, 6.07) is 5.28. The Morgan fingerprint density at radius 2 is 1.85 bits per heavy atom. The lowest BCUT2D eigenvalue weighted by Gasteiger charge is -2.22. The molecule has 0 aliphatic rings. The van der Waals surface area contributed by atoms with Crippen LogP contribution in [0.15, 0.2) is 60.7 Å².